The van der Waals surface area contributed by atoms with E-state index in [1.165, 1.54) is 0 Å². The number of hydrogen-bond acceptors (Lipinski definition) is 4. The predicted molar refractivity (Wildman–Crippen MR) is 121 cm³/mol. The number of piperidine rings is 1. The Hall–Kier alpha value is -2.57. The average Bonchev–Trinajstić information content (AvgIpc) is 2.75. The molecule has 1 aromatic rings. The van der Waals surface area contributed by atoms with Crippen molar-refractivity contribution in [2.24, 2.45) is 17.8 Å². The zero-order valence-electron chi connectivity index (χ0n) is 19.4. The number of nitrogens with zero attached hydrogens (tertiary/aromatic N) is 1. The van der Waals surface area contributed by atoms with Gasteiger partial charge in [0.2, 0.25) is 11.8 Å². The van der Waals surface area contributed by atoms with Gasteiger partial charge in [0.25, 0.3) is 5.91 Å². The highest BCUT2D eigenvalue weighted by Gasteiger charge is 2.34. The first-order valence-corrected chi connectivity index (χ1v) is 11.2. The lowest BCUT2D eigenvalue weighted by Crippen LogP contribution is -2.54. The normalized spacial score (nSPS) is 15.6. The number of rotatable bonds is 9. The van der Waals surface area contributed by atoms with Crippen LogP contribution in [0, 0.1) is 17.8 Å². The third-order valence-corrected chi connectivity index (χ3v) is 5.53. The molecule has 7 nitrogen and oxygen atoms in total. The fourth-order valence-corrected chi connectivity index (χ4v) is 3.76. The first kappa shape index (κ1) is 24.7. The molecule has 31 heavy (non-hydrogen) atoms. The number of nitrogens with one attached hydrogen (secondary N) is 2. The summed E-state index contributed by atoms with van der Waals surface area (Å²) in [5, 5.41) is 5.90. The lowest BCUT2D eigenvalue weighted by Gasteiger charge is -2.36. The van der Waals surface area contributed by atoms with Crippen LogP contribution in [-0.2, 0) is 9.59 Å². The number of hydrogen-bond donors (Lipinski definition) is 2. The number of amides is 3. The van der Waals surface area contributed by atoms with Crippen LogP contribution in [0.2, 0.25) is 0 Å². The molecule has 1 fully saturated rings. The SMILES string of the molecule is COc1cccc(C(=O)NC(C(=O)NCC(C)C)C2CCN(C(=O)CC(C)C)CC2)c1. The monoisotopic (exact) mass is 431 g/mol. The Bertz CT molecular complexity index is 755. The Morgan fingerprint density at radius 3 is 2.35 bits per heavy atom. The van der Waals surface area contributed by atoms with Crippen LogP contribution in [0.25, 0.3) is 0 Å². The molecule has 172 valence electrons. The van der Waals surface area contributed by atoms with Crippen LogP contribution in [0.4, 0.5) is 0 Å². The van der Waals surface area contributed by atoms with Crippen LogP contribution >= 0.6 is 0 Å². The molecule has 7 heteroatoms. The van der Waals surface area contributed by atoms with Gasteiger partial charge < -0.3 is 20.3 Å². The smallest absolute Gasteiger partial charge is 0.252 e. The molecular weight excluding hydrogens is 394 g/mol. The van der Waals surface area contributed by atoms with E-state index in [-0.39, 0.29) is 23.6 Å². The lowest BCUT2D eigenvalue weighted by molar-refractivity contribution is -0.133. The molecule has 0 aromatic heterocycles. The van der Waals surface area contributed by atoms with Crippen molar-refractivity contribution in [3.8, 4) is 5.75 Å². The van der Waals surface area contributed by atoms with E-state index in [1.54, 1.807) is 31.4 Å². The molecule has 1 heterocycles. The summed E-state index contributed by atoms with van der Waals surface area (Å²) in [4.78, 5) is 40.1. The van der Waals surface area contributed by atoms with Crippen molar-refractivity contribution in [3.05, 3.63) is 29.8 Å². The molecule has 0 bridgehead atoms. The van der Waals surface area contributed by atoms with Gasteiger partial charge >= 0.3 is 0 Å². The zero-order chi connectivity index (χ0) is 23.0. The van der Waals surface area contributed by atoms with Gasteiger partial charge in [-0.15, -0.1) is 0 Å². The molecule has 1 aliphatic heterocycles. The van der Waals surface area contributed by atoms with Crippen molar-refractivity contribution in [2.75, 3.05) is 26.7 Å². The van der Waals surface area contributed by atoms with Crippen molar-refractivity contribution in [1.29, 1.82) is 0 Å². The van der Waals surface area contributed by atoms with Gasteiger partial charge in [0.1, 0.15) is 11.8 Å². The fourth-order valence-electron chi connectivity index (χ4n) is 3.76. The third-order valence-electron chi connectivity index (χ3n) is 5.53. The Labute approximate surface area is 185 Å². The van der Waals surface area contributed by atoms with Gasteiger partial charge in [-0.05, 0) is 48.8 Å². The van der Waals surface area contributed by atoms with Crippen molar-refractivity contribution < 1.29 is 19.1 Å². The molecule has 2 N–H and O–H groups in total. The highest BCUT2D eigenvalue weighted by atomic mass is 16.5. The molecule has 0 saturated carbocycles. The number of carbonyl (C=O) groups is 3. The quantitative estimate of drug-likeness (QED) is 0.629. The van der Waals surface area contributed by atoms with Crippen molar-refractivity contribution in [2.45, 2.75) is 53.0 Å². The van der Waals surface area contributed by atoms with E-state index in [0.717, 1.165) is 0 Å². The summed E-state index contributed by atoms with van der Waals surface area (Å²) in [6, 6.07) is 6.24. The van der Waals surface area contributed by atoms with E-state index >= 15 is 0 Å². The van der Waals surface area contributed by atoms with Gasteiger partial charge in [-0.1, -0.05) is 33.8 Å². The highest BCUT2D eigenvalue weighted by Crippen LogP contribution is 2.23. The molecule has 0 spiro atoms. The van der Waals surface area contributed by atoms with Gasteiger partial charge in [0.15, 0.2) is 0 Å². The zero-order valence-corrected chi connectivity index (χ0v) is 19.4. The number of likely N-dealkylation sites (tertiary alicyclic amines) is 1. The van der Waals surface area contributed by atoms with E-state index < -0.39 is 6.04 Å². The average molecular weight is 432 g/mol. The predicted octanol–water partition coefficient (Wildman–Crippen LogP) is 2.85. The van der Waals surface area contributed by atoms with Crippen LogP contribution < -0.4 is 15.4 Å². The maximum absolute atomic E-state index is 13.0. The van der Waals surface area contributed by atoms with Crippen LogP contribution in [-0.4, -0.2) is 55.4 Å². The van der Waals surface area contributed by atoms with E-state index in [4.69, 9.17) is 4.74 Å². The molecule has 1 aliphatic rings. The van der Waals surface area contributed by atoms with Gasteiger partial charge in [-0.2, -0.15) is 0 Å². The molecule has 0 radical (unpaired) electrons. The maximum Gasteiger partial charge on any atom is 0.252 e. The van der Waals surface area contributed by atoms with Gasteiger partial charge in [0.05, 0.1) is 7.11 Å². The molecular formula is C24H37N3O4. The molecule has 2 rings (SSSR count). The molecule has 1 atom stereocenters. The van der Waals surface area contributed by atoms with Crippen molar-refractivity contribution in [1.82, 2.24) is 15.5 Å². The summed E-state index contributed by atoms with van der Waals surface area (Å²) < 4.78 is 5.20. The Balaban J connectivity index is 2.09. The van der Waals surface area contributed by atoms with Gasteiger partial charge in [0, 0.05) is 31.6 Å². The topological polar surface area (TPSA) is 87.7 Å². The summed E-state index contributed by atoms with van der Waals surface area (Å²) in [7, 11) is 1.55. The van der Waals surface area contributed by atoms with E-state index in [0.29, 0.717) is 62.0 Å². The van der Waals surface area contributed by atoms with Crippen molar-refractivity contribution in [3.63, 3.8) is 0 Å². The first-order chi connectivity index (χ1) is 14.7. The standard InChI is InChI=1S/C24H37N3O4/c1-16(2)13-21(28)27-11-9-18(10-12-27)22(24(30)25-15-17(3)4)26-23(29)19-7-6-8-20(14-19)31-5/h6-8,14,16-18,22H,9-13,15H2,1-5H3,(H,25,30)(H,26,29). The van der Waals surface area contributed by atoms with Crippen LogP contribution in [0.1, 0.15) is 57.3 Å². The first-order valence-electron chi connectivity index (χ1n) is 11.2. The summed E-state index contributed by atoms with van der Waals surface area (Å²) in [5.41, 5.74) is 0.450. The van der Waals surface area contributed by atoms with E-state index in [1.807, 2.05) is 32.6 Å². The van der Waals surface area contributed by atoms with Crippen LogP contribution in [0.3, 0.4) is 0 Å². The minimum absolute atomic E-state index is 0.0233. The number of carbonyl (C=O) groups excluding carboxylic acids is 3. The molecule has 1 saturated heterocycles. The van der Waals surface area contributed by atoms with Crippen molar-refractivity contribution >= 4 is 17.7 Å². The molecule has 3 amide bonds. The van der Waals surface area contributed by atoms with Crippen LogP contribution in [0.5, 0.6) is 5.75 Å². The van der Waals surface area contributed by atoms with Crippen LogP contribution in [0.15, 0.2) is 24.3 Å². The molecule has 1 unspecified atom stereocenters. The van der Waals surface area contributed by atoms with E-state index in [2.05, 4.69) is 10.6 Å². The number of benzene rings is 1. The Morgan fingerprint density at radius 1 is 1.10 bits per heavy atom. The summed E-state index contributed by atoms with van der Waals surface area (Å²) in [5.74, 6) is 0.889. The maximum atomic E-state index is 13.0. The number of methoxy groups -OCH3 is 1. The Morgan fingerprint density at radius 2 is 1.77 bits per heavy atom. The third kappa shape index (κ3) is 7.56. The molecule has 1 aromatic carbocycles. The summed E-state index contributed by atoms with van der Waals surface area (Å²) in [6.45, 7) is 9.90. The Kier molecular flexibility index (Phi) is 9.34. The minimum atomic E-state index is -0.639. The second-order valence-corrected chi connectivity index (χ2v) is 9.14. The van der Waals surface area contributed by atoms with Gasteiger partial charge in [-0.25, -0.2) is 0 Å². The largest absolute Gasteiger partial charge is 0.497 e. The van der Waals surface area contributed by atoms with Gasteiger partial charge in [-0.3, -0.25) is 14.4 Å². The summed E-state index contributed by atoms with van der Waals surface area (Å²) >= 11 is 0. The molecule has 0 aliphatic carbocycles. The summed E-state index contributed by atoms with van der Waals surface area (Å²) in [6.07, 6.45) is 1.90. The fraction of sp³-hybridized carbons (Fsp3) is 0.625. The highest BCUT2D eigenvalue weighted by molar-refractivity contribution is 5.98. The number of ether oxygens (including phenoxy) is 1. The second kappa shape index (κ2) is 11.7. The second-order valence-electron chi connectivity index (χ2n) is 9.14. The lowest BCUT2D eigenvalue weighted by atomic mass is 9.88. The van der Waals surface area contributed by atoms with E-state index in [9.17, 15) is 14.4 Å². The minimum Gasteiger partial charge on any atom is -0.497 e.